The fraction of sp³-hybridized carbons (Fsp3) is 0.409. The van der Waals surface area contributed by atoms with E-state index < -0.39 is 48.8 Å². The van der Waals surface area contributed by atoms with Crippen molar-refractivity contribution in [2.45, 2.75) is 44.3 Å². The molecule has 0 unspecified atom stereocenters. The number of anilines is 2. The number of hydrogen-bond donors (Lipinski definition) is 3. The Hall–Kier alpha value is -2.93. The van der Waals surface area contributed by atoms with Crippen LogP contribution < -0.4 is 15.4 Å². The van der Waals surface area contributed by atoms with E-state index in [1.807, 2.05) is 0 Å². The minimum absolute atomic E-state index is 0.00316. The number of imidazole rings is 1. The van der Waals surface area contributed by atoms with Crippen molar-refractivity contribution in [3.05, 3.63) is 39.6 Å². The van der Waals surface area contributed by atoms with Crippen LogP contribution in [0.25, 0.3) is 11.2 Å². The average Bonchev–Trinajstić information content (AvgIpc) is 3.23. The standard InChI is InChI=1S/C22H19Cl2F6N5O2/c23-12-5-6-13(24)17(16(12)27)33-21-32-14-7-11(20(34-18(14)35-21)37-8-15(25)26)19(36)31-10-3-1-9(2-4-10)22(28,29)30/h5-7,9-10,15H,1-4,8H2,(H,31,36)(H2,32,33,34,35). The first kappa shape index (κ1) is 27.1. The molecule has 2 heterocycles. The van der Waals surface area contributed by atoms with E-state index in [2.05, 4.69) is 25.6 Å². The van der Waals surface area contributed by atoms with E-state index in [0.29, 0.717) is 0 Å². The van der Waals surface area contributed by atoms with Crippen molar-refractivity contribution in [2.75, 3.05) is 11.9 Å². The number of rotatable bonds is 7. The topological polar surface area (TPSA) is 91.9 Å². The lowest BCUT2D eigenvalue weighted by atomic mass is 9.85. The van der Waals surface area contributed by atoms with Crippen LogP contribution in [0.4, 0.5) is 38.0 Å². The van der Waals surface area contributed by atoms with Crippen molar-refractivity contribution < 1.29 is 35.9 Å². The molecule has 0 bridgehead atoms. The minimum Gasteiger partial charge on any atom is -0.471 e. The van der Waals surface area contributed by atoms with E-state index >= 15 is 0 Å². The summed E-state index contributed by atoms with van der Waals surface area (Å²) in [5.74, 6) is -3.53. The van der Waals surface area contributed by atoms with Crippen molar-refractivity contribution in [1.29, 1.82) is 0 Å². The number of nitrogens with one attached hydrogen (secondary N) is 3. The Morgan fingerprint density at radius 1 is 1.14 bits per heavy atom. The quantitative estimate of drug-likeness (QED) is 0.219. The van der Waals surface area contributed by atoms with Crippen LogP contribution in [0, 0.1) is 11.7 Å². The van der Waals surface area contributed by atoms with E-state index in [1.54, 1.807) is 0 Å². The highest BCUT2D eigenvalue weighted by Gasteiger charge is 2.41. The molecule has 2 aromatic heterocycles. The summed E-state index contributed by atoms with van der Waals surface area (Å²) in [5.41, 5.74) is -0.310. The third-order valence-electron chi connectivity index (χ3n) is 5.84. The number of aromatic amines is 1. The summed E-state index contributed by atoms with van der Waals surface area (Å²) in [6.07, 6.45) is -7.25. The molecule has 0 aliphatic heterocycles. The van der Waals surface area contributed by atoms with Gasteiger partial charge in [0.05, 0.1) is 21.7 Å². The number of nitrogens with zero attached hydrogens (tertiary/aromatic N) is 2. The summed E-state index contributed by atoms with van der Waals surface area (Å²) in [4.78, 5) is 23.9. The molecule has 0 radical (unpaired) electrons. The van der Waals surface area contributed by atoms with Gasteiger partial charge >= 0.3 is 6.18 Å². The number of aromatic nitrogens is 3. The van der Waals surface area contributed by atoms with Crippen LogP contribution in [0.3, 0.4) is 0 Å². The predicted octanol–water partition coefficient (Wildman–Crippen LogP) is 6.64. The van der Waals surface area contributed by atoms with E-state index in [-0.39, 0.29) is 64.1 Å². The highest BCUT2D eigenvalue weighted by Crippen LogP contribution is 2.38. The Balaban J connectivity index is 1.58. The number of carbonyl (C=O) groups is 1. The molecule has 1 amide bonds. The lowest BCUT2D eigenvalue weighted by Crippen LogP contribution is -2.40. The molecule has 37 heavy (non-hydrogen) atoms. The van der Waals surface area contributed by atoms with Crippen molar-refractivity contribution >= 4 is 51.9 Å². The SMILES string of the molecule is O=C(NC1CCC(C(F)(F)F)CC1)c1cc2nc(Nc3c(Cl)ccc(Cl)c3F)[nH]c2nc1OCC(F)F. The summed E-state index contributed by atoms with van der Waals surface area (Å²) in [6, 6.07) is 3.29. The van der Waals surface area contributed by atoms with Gasteiger partial charge in [0.15, 0.2) is 18.1 Å². The molecule has 1 aliphatic carbocycles. The Bertz CT molecular complexity index is 1290. The zero-order valence-corrected chi connectivity index (χ0v) is 20.2. The van der Waals surface area contributed by atoms with Crippen LogP contribution in [0.5, 0.6) is 5.88 Å². The number of amides is 1. The number of carbonyl (C=O) groups excluding carboxylic acids is 1. The Morgan fingerprint density at radius 2 is 1.81 bits per heavy atom. The van der Waals surface area contributed by atoms with Crippen LogP contribution in [0.2, 0.25) is 10.0 Å². The molecular weight excluding hydrogens is 551 g/mol. The maximum Gasteiger partial charge on any atom is 0.391 e. The fourth-order valence-electron chi connectivity index (χ4n) is 3.99. The van der Waals surface area contributed by atoms with Crippen molar-refractivity contribution in [1.82, 2.24) is 20.3 Å². The van der Waals surface area contributed by atoms with Gasteiger partial charge in [0, 0.05) is 6.04 Å². The smallest absolute Gasteiger partial charge is 0.391 e. The number of ether oxygens (including phenoxy) is 1. The van der Waals surface area contributed by atoms with Gasteiger partial charge in [-0.15, -0.1) is 0 Å². The number of benzene rings is 1. The molecule has 0 atom stereocenters. The second-order valence-corrected chi connectivity index (χ2v) is 9.22. The molecular formula is C22H19Cl2F6N5O2. The molecule has 15 heteroatoms. The Morgan fingerprint density at radius 3 is 2.46 bits per heavy atom. The maximum absolute atomic E-state index is 14.4. The molecule has 0 saturated heterocycles. The van der Waals surface area contributed by atoms with Gasteiger partial charge in [-0.1, -0.05) is 23.2 Å². The van der Waals surface area contributed by atoms with Gasteiger partial charge in [0.25, 0.3) is 12.3 Å². The second kappa shape index (κ2) is 10.8. The molecule has 1 aliphatic rings. The number of halogens is 8. The number of pyridine rings is 1. The van der Waals surface area contributed by atoms with E-state index in [9.17, 15) is 31.1 Å². The van der Waals surface area contributed by atoms with Crippen LogP contribution in [-0.4, -0.2) is 46.1 Å². The molecule has 7 nitrogen and oxygen atoms in total. The molecule has 3 aromatic rings. The largest absolute Gasteiger partial charge is 0.471 e. The maximum atomic E-state index is 14.4. The van der Waals surface area contributed by atoms with Gasteiger partial charge in [0.2, 0.25) is 11.8 Å². The van der Waals surface area contributed by atoms with Gasteiger partial charge in [-0.25, -0.2) is 18.2 Å². The number of hydrogen-bond acceptors (Lipinski definition) is 5. The van der Waals surface area contributed by atoms with Gasteiger partial charge in [0.1, 0.15) is 11.1 Å². The fourth-order valence-corrected chi connectivity index (χ4v) is 4.34. The molecule has 1 aromatic carbocycles. The van der Waals surface area contributed by atoms with Gasteiger partial charge in [-0.2, -0.15) is 18.2 Å². The third-order valence-corrected chi connectivity index (χ3v) is 6.45. The highest BCUT2D eigenvalue weighted by atomic mass is 35.5. The van der Waals surface area contributed by atoms with Crippen LogP contribution in [0.15, 0.2) is 18.2 Å². The predicted molar refractivity (Wildman–Crippen MR) is 124 cm³/mol. The van der Waals surface area contributed by atoms with Crippen molar-refractivity contribution in [2.24, 2.45) is 5.92 Å². The van der Waals surface area contributed by atoms with Gasteiger partial charge < -0.3 is 20.4 Å². The first-order valence-electron chi connectivity index (χ1n) is 11.0. The summed E-state index contributed by atoms with van der Waals surface area (Å²) < 4.78 is 83.8. The summed E-state index contributed by atoms with van der Waals surface area (Å²) in [5, 5.41) is 5.03. The molecule has 4 rings (SSSR count). The summed E-state index contributed by atoms with van der Waals surface area (Å²) in [7, 11) is 0. The number of H-pyrrole nitrogens is 1. The van der Waals surface area contributed by atoms with Crippen molar-refractivity contribution in [3.8, 4) is 5.88 Å². The first-order valence-corrected chi connectivity index (χ1v) is 11.8. The van der Waals surface area contributed by atoms with Gasteiger partial charge in [-0.3, -0.25) is 4.79 Å². The van der Waals surface area contributed by atoms with Crippen LogP contribution in [0.1, 0.15) is 36.0 Å². The first-order chi connectivity index (χ1) is 17.4. The van der Waals surface area contributed by atoms with Crippen LogP contribution in [-0.2, 0) is 0 Å². The molecule has 1 saturated carbocycles. The zero-order chi connectivity index (χ0) is 26.9. The van der Waals surface area contributed by atoms with Crippen LogP contribution >= 0.6 is 23.2 Å². The highest BCUT2D eigenvalue weighted by molar-refractivity contribution is 6.35. The molecule has 0 spiro atoms. The molecule has 1 fully saturated rings. The molecule has 200 valence electrons. The lowest BCUT2D eigenvalue weighted by Gasteiger charge is -2.30. The normalized spacial score (nSPS) is 18.3. The average molecular weight is 570 g/mol. The van der Waals surface area contributed by atoms with E-state index in [4.69, 9.17) is 27.9 Å². The summed E-state index contributed by atoms with van der Waals surface area (Å²) in [6.45, 7) is -1.06. The summed E-state index contributed by atoms with van der Waals surface area (Å²) >= 11 is 11.8. The second-order valence-electron chi connectivity index (χ2n) is 8.40. The lowest BCUT2D eigenvalue weighted by molar-refractivity contribution is -0.182. The zero-order valence-electron chi connectivity index (χ0n) is 18.7. The van der Waals surface area contributed by atoms with Crippen molar-refractivity contribution in [3.63, 3.8) is 0 Å². The Kier molecular flexibility index (Phi) is 7.93. The third kappa shape index (κ3) is 6.32. The minimum atomic E-state index is -4.30. The monoisotopic (exact) mass is 569 g/mol. The number of alkyl halides is 5. The van der Waals surface area contributed by atoms with Gasteiger partial charge in [-0.05, 0) is 43.9 Å². The number of fused-ring (bicyclic) bond motifs is 1. The molecule has 3 N–H and O–H groups in total. The Labute approximate surface area is 215 Å². The van der Waals surface area contributed by atoms with E-state index in [0.717, 1.165) is 0 Å². The van der Waals surface area contributed by atoms with E-state index in [1.165, 1.54) is 18.2 Å².